The van der Waals surface area contributed by atoms with Gasteiger partial charge in [0.05, 0.1) is 5.71 Å². The van der Waals surface area contributed by atoms with Crippen molar-refractivity contribution in [2.24, 2.45) is 57.2 Å². The zero-order valence-corrected chi connectivity index (χ0v) is 22.1. The van der Waals surface area contributed by atoms with Crippen LogP contribution in [0.5, 0.6) is 0 Å². The largest absolute Gasteiger partial charge is 0.375 e. The van der Waals surface area contributed by atoms with Crippen molar-refractivity contribution in [2.45, 2.75) is 105 Å². The number of hydrazone groups is 1. The van der Waals surface area contributed by atoms with Gasteiger partial charge < -0.3 is 5.73 Å². The SMILES string of the molecule is CC(C)CCC[C@@H](C)[C@H]1CC[C@H]2[C@@H]3C(=NNC(N)=S)C=C4CCCC[C@]4(C)[C@H]3CC[C@]12C. The van der Waals surface area contributed by atoms with E-state index in [1.807, 2.05) is 0 Å². The van der Waals surface area contributed by atoms with E-state index in [-0.39, 0.29) is 5.11 Å². The quantitative estimate of drug-likeness (QED) is 0.327. The fourth-order valence-corrected chi connectivity index (χ4v) is 8.75. The Labute approximate surface area is 202 Å². The minimum absolute atomic E-state index is 0.283. The van der Waals surface area contributed by atoms with E-state index in [0.717, 1.165) is 29.6 Å². The van der Waals surface area contributed by atoms with E-state index in [0.29, 0.717) is 16.7 Å². The van der Waals surface area contributed by atoms with Crippen molar-refractivity contribution in [3.05, 3.63) is 11.6 Å². The van der Waals surface area contributed by atoms with E-state index in [2.05, 4.69) is 46.1 Å². The zero-order valence-electron chi connectivity index (χ0n) is 21.3. The van der Waals surface area contributed by atoms with E-state index < -0.39 is 0 Å². The van der Waals surface area contributed by atoms with Crippen molar-refractivity contribution in [3.63, 3.8) is 0 Å². The second-order valence-electron chi connectivity index (χ2n) is 12.6. The molecule has 7 atom stereocenters. The molecule has 0 bridgehead atoms. The molecule has 0 aromatic carbocycles. The lowest BCUT2D eigenvalue weighted by atomic mass is 9.46. The first-order chi connectivity index (χ1) is 15.2. The molecule has 0 aromatic heterocycles. The minimum atomic E-state index is 0.283. The monoisotopic (exact) mass is 457 g/mol. The van der Waals surface area contributed by atoms with Gasteiger partial charge in [0.25, 0.3) is 0 Å². The van der Waals surface area contributed by atoms with Crippen LogP contribution < -0.4 is 11.2 Å². The molecule has 0 spiro atoms. The Kier molecular flexibility index (Phi) is 7.11. The van der Waals surface area contributed by atoms with Crippen LogP contribution in [0, 0.1) is 46.3 Å². The molecule has 4 rings (SSSR count). The summed E-state index contributed by atoms with van der Waals surface area (Å²) in [6, 6.07) is 0. The van der Waals surface area contributed by atoms with Gasteiger partial charge in [-0.15, -0.1) is 0 Å². The highest BCUT2D eigenvalue weighted by molar-refractivity contribution is 7.80. The topological polar surface area (TPSA) is 50.4 Å². The molecule has 0 amide bonds. The molecule has 0 unspecified atom stereocenters. The van der Waals surface area contributed by atoms with Crippen LogP contribution in [0.4, 0.5) is 0 Å². The molecule has 3 saturated carbocycles. The third kappa shape index (κ3) is 4.30. The Morgan fingerprint density at radius 2 is 1.91 bits per heavy atom. The minimum Gasteiger partial charge on any atom is -0.375 e. The summed E-state index contributed by atoms with van der Waals surface area (Å²) in [5.74, 6) is 4.52. The molecule has 32 heavy (non-hydrogen) atoms. The van der Waals surface area contributed by atoms with Crippen LogP contribution in [0.3, 0.4) is 0 Å². The number of rotatable bonds is 6. The fourth-order valence-electron chi connectivity index (χ4n) is 8.71. The van der Waals surface area contributed by atoms with Gasteiger partial charge >= 0.3 is 0 Å². The van der Waals surface area contributed by atoms with Crippen LogP contribution >= 0.6 is 12.2 Å². The molecule has 0 radical (unpaired) electrons. The number of allylic oxidation sites excluding steroid dienone is 2. The molecular formula is C28H47N3S. The van der Waals surface area contributed by atoms with Gasteiger partial charge in [-0.2, -0.15) is 5.10 Å². The lowest BCUT2D eigenvalue weighted by Crippen LogP contribution is -2.53. The first kappa shape index (κ1) is 24.2. The average molecular weight is 458 g/mol. The van der Waals surface area contributed by atoms with Gasteiger partial charge in [-0.3, -0.25) is 5.43 Å². The van der Waals surface area contributed by atoms with E-state index in [1.54, 1.807) is 5.57 Å². The predicted octanol–water partition coefficient (Wildman–Crippen LogP) is 7.22. The Morgan fingerprint density at radius 3 is 2.62 bits per heavy atom. The molecule has 0 heterocycles. The van der Waals surface area contributed by atoms with Crippen molar-refractivity contribution >= 4 is 23.0 Å². The first-order valence-corrected chi connectivity index (χ1v) is 13.9. The van der Waals surface area contributed by atoms with Gasteiger partial charge in [0, 0.05) is 5.92 Å². The van der Waals surface area contributed by atoms with Crippen LogP contribution in [0.15, 0.2) is 16.8 Å². The van der Waals surface area contributed by atoms with Crippen LogP contribution in [0.2, 0.25) is 0 Å². The van der Waals surface area contributed by atoms with Crippen molar-refractivity contribution in [3.8, 4) is 0 Å². The predicted molar refractivity (Wildman–Crippen MR) is 140 cm³/mol. The number of fused-ring (bicyclic) bond motifs is 5. The Hall–Kier alpha value is -0.900. The maximum absolute atomic E-state index is 5.79. The molecule has 0 aliphatic heterocycles. The maximum Gasteiger partial charge on any atom is 0.184 e. The lowest BCUT2D eigenvalue weighted by molar-refractivity contribution is -0.0215. The number of nitrogens with two attached hydrogens (primary N) is 1. The first-order valence-electron chi connectivity index (χ1n) is 13.5. The van der Waals surface area contributed by atoms with Crippen molar-refractivity contribution < 1.29 is 0 Å². The molecule has 180 valence electrons. The average Bonchev–Trinajstić information content (AvgIpc) is 3.08. The number of nitrogens with one attached hydrogen (secondary N) is 1. The lowest BCUT2D eigenvalue weighted by Gasteiger charge is -2.58. The number of hydrogen-bond acceptors (Lipinski definition) is 2. The van der Waals surface area contributed by atoms with E-state index in [9.17, 15) is 0 Å². The molecule has 4 aliphatic rings. The van der Waals surface area contributed by atoms with Crippen LogP contribution in [-0.4, -0.2) is 10.8 Å². The van der Waals surface area contributed by atoms with Gasteiger partial charge in [-0.25, -0.2) is 0 Å². The highest BCUT2D eigenvalue weighted by Crippen LogP contribution is 2.66. The van der Waals surface area contributed by atoms with Crippen molar-refractivity contribution in [2.75, 3.05) is 0 Å². The van der Waals surface area contributed by atoms with Crippen LogP contribution in [-0.2, 0) is 0 Å². The Bertz CT molecular complexity index is 771. The Balaban J connectivity index is 1.62. The van der Waals surface area contributed by atoms with Crippen LogP contribution in [0.1, 0.15) is 105 Å². The second kappa shape index (κ2) is 9.39. The van der Waals surface area contributed by atoms with Gasteiger partial charge in [0.2, 0.25) is 0 Å². The second-order valence-corrected chi connectivity index (χ2v) is 13.0. The highest BCUT2D eigenvalue weighted by atomic mass is 32.1. The summed E-state index contributed by atoms with van der Waals surface area (Å²) in [5.41, 5.74) is 12.5. The van der Waals surface area contributed by atoms with Crippen molar-refractivity contribution in [1.82, 2.24) is 5.43 Å². The van der Waals surface area contributed by atoms with Gasteiger partial charge in [-0.05, 0) is 104 Å². The summed E-state index contributed by atoms with van der Waals surface area (Å²) in [7, 11) is 0. The molecule has 0 saturated heterocycles. The van der Waals surface area contributed by atoms with E-state index in [1.165, 1.54) is 76.3 Å². The summed E-state index contributed by atoms with van der Waals surface area (Å²) in [6.45, 7) is 12.5. The molecule has 0 aromatic rings. The summed E-state index contributed by atoms with van der Waals surface area (Å²) in [5, 5.41) is 5.13. The van der Waals surface area contributed by atoms with Crippen molar-refractivity contribution in [1.29, 1.82) is 0 Å². The number of hydrogen-bond donors (Lipinski definition) is 2. The van der Waals surface area contributed by atoms with Gasteiger partial charge in [0.15, 0.2) is 5.11 Å². The molecule has 3 fully saturated rings. The summed E-state index contributed by atoms with van der Waals surface area (Å²) < 4.78 is 0. The molecule has 4 heteroatoms. The van der Waals surface area contributed by atoms with Gasteiger partial charge in [0.1, 0.15) is 0 Å². The third-order valence-electron chi connectivity index (χ3n) is 10.4. The maximum atomic E-state index is 5.79. The summed E-state index contributed by atoms with van der Waals surface area (Å²) in [4.78, 5) is 0. The number of thiocarbonyl (C=S) groups is 1. The molecule has 3 nitrogen and oxygen atoms in total. The smallest absolute Gasteiger partial charge is 0.184 e. The van der Waals surface area contributed by atoms with E-state index in [4.69, 9.17) is 23.1 Å². The van der Waals surface area contributed by atoms with E-state index >= 15 is 0 Å². The number of nitrogens with zero attached hydrogens (tertiary/aromatic N) is 1. The standard InChI is InChI=1S/C28H47N3S/c1-18(2)9-8-10-19(3)21-12-13-22-25-23(14-16-28(21,22)5)27(4)15-7-6-11-20(27)17-24(25)30-31-26(29)32/h17-19,21-23,25H,6-16H2,1-5H3,(H3,29,31,32)/t19-,21-,22+,23+,25+,27+,28-/m1/s1. The third-order valence-corrected chi connectivity index (χ3v) is 10.5. The normalized spacial score (nSPS) is 40.9. The zero-order chi connectivity index (χ0) is 23.1. The summed E-state index contributed by atoms with van der Waals surface area (Å²) in [6.07, 6.45) is 17.4. The van der Waals surface area contributed by atoms with Crippen LogP contribution in [0.25, 0.3) is 0 Å². The van der Waals surface area contributed by atoms with Gasteiger partial charge in [-0.1, -0.05) is 65.9 Å². The molecule has 4 aliphatic carbocycles. The molecular weight excluding hydrogens is 410 g/mol. The summed E-state index contributed by atoms with van der Waals surface area (Å²) >= 11 is 5.11. The molecule has 3 N–H and O–H groups in total. The Morgan fingerprint density at radius 1 is 1.12 bits per heavy atom. The highest BCUT2D eigenvalue weighted by Gasteiger charge is 2.60. The fraction of sp³-hybridized carbons (Fsp3) is 0.857.